The van der Waals surface area contributed by atoms with Gasteiger partial charge in [0.15, 0.2) is 0 Å². The zero-order valence-electron chi connectivity index (χ0n) is 22.3. The summed E-state index contributed by atoms with van der Waals surface area (Å²) < 4.78 is 0. The van der Waals surface area contributed by atoms with E-state index in [1.165, 1.54) is 0 Å². The lowest BCUT2D eigenvalue weighted by molar-refractivity contribution is -0.385. The van der Waals surface area contributed by atoms with Crippen molar-refractivity contribution in [2.24, 2.45) is 0 Å². The Morgan fingerprint density at radius 1 is 0.684 bits per heavy atom. The van der Waals surface area contributed by atoms with Crippen LogP contribution in [0.5, 0.6) is 0 Å². The number of non-ortho nitro benzene ring substituents is 2. The smallest absolute Gasteiger partial charge is 0.269 e. The first-order chi connectivity index (χ1) is 18.2. The number of aliphatic hydroxyl groups is 1. The first-order valence-corrected chi connectivity index (χ1v) is 13.2. The van der Waals surface area contributed by atoms with E-state index >= 15 is 0 Å². The molecule has 0 saturated carbocycles. The first kappa shape index (κ1) is 28.1. The van der Waals surface area contributed by atoms with E-state index in [9.17, 15) is 25.3 Å². The van der Waals surface area contributed by atoms with Crippen molar-refractivity contribution in [3.05, 3.63) is 78.9 Å². The van der Waals surface area contributed by atoms with Crippen molar-refractivity contribution < 1.29 is 15.0 Å². The summed E-state index contributed by atoms with van der Waals surface area (Å²) in [6.45, 7) is 13.6. The third-order valence-corrected chi connectivity index (χ3v) is 7.74. The van der Waals surface area contributed by atoms with Crippen molar-refractivity contribution >= 4 is 11.4 Å². The van der Waals surface area contributed by atoms with Crippen LogP contribution in [0.4, 0.5) is 11.4 Å². The van der Waals surface area contributed by atoms with E-state index in [1.807, 2.05) is 26.0 Å². The van der Waals surface area contributed by atoms with Gasteiger partial charge < -0.3 is 5.11 Å². The third kappa shape index (κ3) is 7.55. The summed E-state index contributed by atoms with van der Waals surface area (Å²) in [5.41, 5.74) is 4.38. The van der Waals surface area contributed by atoms with Crippen LogP contribution in [0.15, 0.2) is 36.4 Å². The van der Waals surface area contributed by atoms with E-state index in [0.717, 1.165) is 74.6 Å². The van der Waals surface area contributed by atoms with Crippen LogP contribution >= 0.6 is 0 Å². The largest absolute Gasteiger partial charge is 0.390 e. The van der Waals surface area contributed by atoms with Gasteiger partial charge in [0.05, 0.1) is 16.0 Å². The van der Waals surface area contributed by atoms with Crippen LogP contribution in [0.1, 0.15) is 22.3 Å². The number of hydrogen-bond acceptors (Lipinski definition) is 9. The number of rotatable bonds is 10. The molecule has 38 heavy (non-hydrogen) atoms. The molecule has 2 saturated heterocycles. The number of nitro benzene ring substituents is 2. The van der Waals surface area contributed by atoms with Crippen LogP contribution in [-0.2, 0) is 13.1 Å². The predicted molar refractivity (Wildman–Crippen MR) is 145 cm³/mol. The molecule has 2 aliphatic heterocycles. The topological polar surface area (TPSA) is 119 Å². The maximum Gasteiger partial charge on any atom is 0.269 e. The van der Waals surface area contributed by atoms with E-state index < -0.39 is 6.10 Å². The van der Waals surface area contributed by atoms with Gasteiger partial charge in [0.1, 0.15) is 0 Å². The monoisotopic (exact) mass is 526 g/mol. The molecule has 0 aliphatic carbocycles. The quantitative estimate of drug-likeness (QED) is 0.368. The Balaban J connectivity index is 1.17. The zero-order valence-corrected chi connectivity index (χ0v) is 22.3. The van der Waals surface area contributed by atoms with Gasteiger partial charge in [-0.05, 0) is 36.1 Å². The Labute approximate surface area is 223 Å². The lowest BCUT2D eigenvalue weighted by Gasteiger charge is -2.38. The van der Waals surface area contributed by atoms with E-state index in [0.29, 0.717) is 26.2 Å². The van der Waals surface area contributed by atoms with Gasteiger partial charge in [0.2, 0.25) is 0 Å². The molecule has 2 aromatic carbocycles. The molecule has 2 aromatic rings. The van der Waals surface area contributed by atoms with E-state index in [1.54, 1.807) is 24.3 Å². The fourth-order valence-electron chi connectivity index (χ4n) is 5.28. The standard InChI is InChI=1S/C27H38N6O5/c1-21-3-5-25(32(35)36)15-23(21)17-28-7-11-30(12-8-28)19-27(34)20-31-13-9-29(10-14-31)18-24-16-26(33(37)38)6-4-22(24)2/h3-6,15-16,27,34H,7-14,17-20H2,1-2H3. The number of nitro groups is 2. The maximum absolute atomic E-state index is 11.1. The summed E-state index contributed by atoms with van der Waals surface area (Å²) in [5.74, 6) is 0. The second-order valence-corrected chi connectivity index (χ2v) is 10.5. The Morgan fingerprint density at radius 3 is 1.37 bits per heavy atom. The third-order valence-electron chi connectivity index (χ3n) is 7.74. The fourth-order valence-corrected chi connectivity index (χ4v) is 5.28. The molecular formula is C27H38N6O5. The number of hydrogen-bond donors (Lipinski definition) is 1. The highest BCUT2D eigenvalue weighted by Crippen LogP contribution is 2.21. The molecule has 0 atom stereocenters. The second-order valence-electron chi connectivity index (χ2n) is 10.5. The molecular weight excluding hydrogens is 488 g/mol. The fraction of sp³-hybridized carbons (Fsp3) is 0.556. The summed E-state index contributed by atoms with van der Waals surface area (Å²) in [6, 6.07) is 10.1. The molecule has 2 aliphatic rings. The highest BCUT2D eigenvalue weighted by molar-refractivity contribution is 5.40. The molecule has 2 heterocycles. The Bertz CT molecular complexity index is 1040. The SMILES string of the molecule is Cc1ccc([N+](=O)[O-])cc1CN1CCN(CC(O)CN2CCN(Cc3cc([N+](=O)[O-])ccc3C)CC2)CC1. The number of β-amino-alcohol motifs (C(OH)–C–C–N with tert-alkyl or cyclic N) is 1. The van der Waals surface area contributed by atoms with Crippen molar-refractivity contribution in [1.82, 2.24) is 19.6 Å². The highest BCUT2D eigenvalue weighted by Gasteiger charge is 2.24. The van der Waals surface area contributed by atoms with Gasteiger partial charge in [-0.1, -0.05) is 12.1 Å². The van der Waals surface area contributed by atoms with Gasteiger partial charge in [-0.2, -0.15) is 0 Å². The maximum atomic E-state index is 11.1. The van der Waals surface area contributed by atoms with Crippen molar-refractivity contribution in [2.45, 2.75) is 33.0 Å². The van der Waals surface area contributed by atoms with Crippen LogP contribution in [0, 0.1) is 34.1 Å². The Hall–Kier alpha value is -2.96. The van der Waals surface area contributed by atoms with Crippen molar-refractivity contribution in [2.75, 3.05) is 65.4 Å². The molecule has 2 fully saturated rings. The van der Waals surface area contributed by atoms with Gasteiger partial charge >= 0.3 is 0 Å². The van der Waals surface area contributed by atoms with Crippen LogP contribution in [0.25, 0.3) is 0 Å². The molecule has 11 heteroatoms. The van der Waals surface area contributed by atoms with E-state index in [4.69, 9.17) is 0 Å². The average molecular weight is 527 g/mol. The molecule has 1 N–H and O–H groups in total. The Kier molecular flexibility index (Phi) is 9.40. The van der Waals surface area contributed by atoms with Gasteiger partial charge in [-0.15, -0.1) is 0 Å². The molecule has 0 radical (unpaired) electrons. The van der Waals surface area contributed by atoms with E-state index in [-0.39, 0.29) is 21.2 Å². The zero-order chi connectivity index (χ0) is 27.2. The first-order valence-electron chi connectivity index (χ1n) is 13.2. The van der Waals surface area contributed by atoms with Crippen LogP contribution in [0.3, 0.4) is 0 Å². The lowest BCUT2D eigenvalue weighted by Crippen LogP contribution is -2.52. The average Bonchev–Trinajstić information content (AvgIpc) is 2.88. The molecule has 0 spiro atoms. The van der Waals surface area contributed by atoms with Crippen molar-refractivity contribution in [3.63, 3.8) is 0 Å². The second kappa shape index (κ2) is 12.7. The minimum atomic E-state index is -0.425. The van der Waals surface area contributed by atoms with Crippen LogP contribution < -0.4 is 0 Å². The molecule has 206 valence electrons. The summed E-state index contributed by atoms with van der Waals surface area (Å²) in [4.78, 5) is 30.8. The molecule has 0 bridgehead atoms. The highest BCUT2D eigenvalue weighted by atomic mass is 16.6. The van der Waals surface area contributed by atoms with Gasteiger partial charge in [0.25, 0.3) is 11.4 Å². The summed E-state index contributed by atoms with van der Waals surface area (Å²) >= 11 is 0. The summed E-state index contributed by atoms with van der Waals surface area (Å²) in [5, 5.41) is 33.0. The van der Waals surface area contributed by atoms with E-state index in [2.05, 4.69) is 19.6 Å². The molecule has 0 amide bonds. The number of nitrogens with zero attached hydrogens (tertiary/aromatic N) is 6. The summed E-state index contributed by atoms with van der Waals surface area (Å²) in [6.07, 6.45) is -0.425. The number of benzene rings is 2. The normalized spacial score (nSPS) is 18.2. The van der Waals surface area contributed by atoms with Gasteiger partial charge in [-0.25, -0.2) is 0 Å². The van der Waals surface area contributed by atoms with Crippen LogP contribution in [-0.4, -0.2) is 106 Å². The van der Waals surface area contributed by atoms with Gasteiger partial charge in [-0.3, -0.25) is 39.8 Å². The lowest BCUT2D eigenvalue weighted by atomic mass is 10.1. The molecule has 11 nitrogen and oxygen atoms in total. The van der Waals surface area contributed by atoms with Crippen molar-refractivity contribution in [1.29, 1.82) is 0 Å². The minimum absolute atomic E-state index is 0.132. The number of aliphatic hydroxyl groups excluding tert-OH is 1. The Morgan fingerprint density at radius 2 is 1.03 bits per heavy atom. The minimum Gasteiger partial charge on any atom is -0.390 e. The van der Waals surface area contributed by atoms with Crippen LogP contribution in [0.2, 0.25) is 0 Å². The predicted octanol–water partition coefficient (Wildman–Crippen LogP) is 2.42. The molecule has 0 unspecified atom stereocenters. The molecule has 0 aromatic heterocycles. The molecule has 4 rings (SSSR count). The number of piperazine rings is 2. The summed E-state index contributed by atoms with van der Waals surface area (Å²) in [7, 11) is 0. The van der Waals surface area contributed by atoms with Gasteiger partial charge in [0, 0.05) is 103 Å². The number of aryl methyl sites for hydroxylation is 2. The van der Waals surface area contributed by atoms with Crippen molar-refractivity contribution in [3.8, 4) is 0 Å².